The van der Waals surface area contributed by atoms with Gasteiger partial charge in [-0.3, -0.25) is 4.57 Å². The topological polar surface area (TPSA) is 55.6 Å². The molecule has 0 saturated carbocycles. The van der Waals surface area contributed by atoms with E-state index in [1.54, 1.807) is 18.9 Å². The largest absolute Gasteiger partial charge is 0.312 e. The van der Waals surface area contributed by atoms with E-state index in [0.29, 0.717) is 0 Å². The van der Waals surface area contributed by atoms with Crippen LogP contribution in [0, 0.1) is 0 Å². The van der Waals surface area contributed by atoms with Gasteiger partial charge in [-0.1, -0.05) is 0 Å². The van der Waals surface area contributed by atoms with Crippen LogP contribution in [-0.2, 0) is 13.0 Å². The van der Waals surface area contributed by atoms with Gasteiger partial charge in [0.15, 0.2) is 0 Å². The first kappa shape index (κ1) is 8.55. The van der Waals surface area contributed by atoms with Crippen molar-refractivity contribution in [1.82, 2.24) is 24.8 Å². The van der Waals surface area contributed by atoms with Gasteiger partial charge < -0.3 is 5.32 Å². The van der Waals surface area contributed by atoms with Crippen LogP contribution in [0.25, 0.3) is 5.82 Å². The smallest absolute Gasteiger partial charge is 0.146 e. The van der Waals surface area contributed by atoms with Crippen LogP contribution in [0.4, 0.5) is 0 Å². The van der Waals surface area contributed by atoms with E-state index in [9.17, 15) is 0 Å². The molecule has 1 N–H and O–H groups in total. The fraction of sp³-hybridized carbons (Fsp3) is 0.300. The van der Waals surface area contributed by atoms with Crippen LogP contribution < -0.4 is 5.32 Å². The molecule has 0 bridgehead atoms. The number of nitrogens with one attached hydrogen (secondary N) is 1. The normalized spacial score (nSPS) is 14.9. The molecule has 2 aromatic rings. The molecule has 0 unspecified atom stereocenters. The van der Waals surface area contributed by atoms with Crippen LogP contribution in [0.5, 0.6) is 0 Å². The molecule has 15 heavy (non-hydrogen) atoms. The van der Waals surface area contributed by atoms with Crippen molar-refractivity contribution >= 4 is 0 Å². The van der Waals surface area contributed by atoms with Gasteiger partial charge in [0, 0.05) is 37.5 Å². The highest BCUT2D eigenvalue weighted by Crippen LogP contribution is 2.17. The Morgan fingerprint density at radius 1 is 1.33 bits per heavy atom. The Morgan fingerprint density at radius 2 is 2.33 bits per heavy atom. The summed E-state index contributed by atoms with van der Waals surface area (Å²) in [6, 6.07) is 0. The van der Waals surface area contributed by atoms with Crippen molar-refractivity contribution in [3.63, 3.8) is 0 Å². The van der Waals surface area contributed by atoms with Crippen molar-refractivity contribution in [1.29, 1.82) is 0 Å². The van der Waals surface area contributed by atoms with Crippen LogP contribution in [0.15, 0.2) is 25.0 Å². The standard InChI is InChI=1S/C10H11N5/c1-2-11-5-8-9(1)13-6-14-10(8)15-4-3-12-7-15/h3-4,6-7,11H,1-2,5H2. The van der Waals surface area contributed by atoms with Crippen LogP contribution in [0.1, 0.15) is 11.3 Å². The highest BCUT2D eigenvalue weighted by Gasteiger charge is 2.15. The number of aromatic nitrogens is 4. The van der Waals surface area contributed by atoms with E-state index >= 15 is 0 Å². The highest BCUT2D eigenvalue weighted by molar-refractivity contribution is 5.37. The second kappa shape index (κ2) is 3.43. The summed E-state index contributed by atoms with van der Waals surface area (Å²) in [4.78, 5) is 12.6. The highest BCUT2D eigenvalue weighted by atomic mass is 15.1. The van der Waals surface area contributed by atoms with Gasteiger partial charge in [-0.2, -0.15) is 0 Å². The lowest BCUT2D eigenvalue weighted by Crippen LogP contribution is -2.26. The van der Waals surface area contributed by atoms with Crippen molar-refractivity contribution < 1.29 is 0 Å². The predicted octanol–water partition coefficient (Wildman–Crippen LogP) is 0.308. The van der Waals surface area contributed by atoms with E-state index in [0.717, 1.165) is 31.0 Å². The lowest BCUT2D eigenvalue weighted by Gasteiger charge is -2.18. The monoisotopic (exact) mass is 201 g/mol. The van der Waals surface area contributed by atoms with Gasteiger partial charge in [0.1, 0.15) is 18.5 Å². The Labute approximate surface area is 87.2 Å². The maximum atomic E-state index is 4.31. The quantitative estimate of drug-likeness (QED) is 0.721. The summed E-state index contributed by atoms with van der Waals surface area (Å²) in [5.41, 5.74) is 2.33. The summed E-state index contributed by atoms with van der Waals surface area (Å²) in [5.74, 6) is 0.935. The van der Waals surface area contributed by atoms with Crippen molar-refractivity contribution in [2.75, 3.05) is 6.54 Å². The summed E-state index contributed by atoms with van der Waals surface area (Å²) >= 11 is 0. The number of rotatable bonds is 1. The maximum Gasteiger partial charge on any atom is 0.146 e. The van der Waals surface area contributed by atoms with E-state index in [4.69, 9.17) is 0 Å². The molecular weight excluding hydrogens is 190 g/mol. The Hall–Kier alpha value is -1.75. The van der Waals surface area contributed by atoms with E-state index in [1.165, 1.54) is 5.56 Å². The molecule has 2 aromatic heterocycles. The predicted molar refractivity (Wildman–Crippen MR) is 54.6 cm³/mol. The van der Waals surface area contributed by atoms with Crippen molar-refractivity contribution in [3.05, 3.63) is 36.3 Å². The third-order valence-corrected chi connectivity index (χ3v) is 2.60. The van der Waals surface area contributed by atoms with Crippen molar-refractivity contribution in [2.45, 2.75) is 13.0 Å². The minimum Gasteiger partial charge on any atom is -0.312 e. The van der Waals surface area contributed by atoms with Gasteiger partial charge in [-0.15, -0.1) is 0 Å². The van der Waals surface area contributed by atoms with Crippen LogP contribution >= 0.6 is 0 Å². The molecule has 0 amide bonds. The lowest BCUT2D eigenvalue weighted by molar-refractivity contribution is 0.620. The molecule has 0 atom stereocenters. The second-order valence-electron chi connectivity index (χ2n) is 3.52. The molecule has 0 aromatic carbocycles. The van der Waals surface area contributed by atoms with E-state index < -0.39 is 0 Å². The van der Waals surface area contributed by atoms with Crippen molar-refractivity contribution in [2.24, 2.45) is 0 Å². The molecule has 76 valence electrons. The third kappa shape index (κ3) is 1.41. The maximum absolute atomic E-state index is 4.31. The summed E-state index contributed by atoms with van der Waals surface area (Å²) in [7, 11) is 0. The first-order valence-corrected chi connectivity index (χ1v) is 4.97. The Bertz CT molecular complexity index is 463. The zero-order valence-corrected chi connectivity index (χ0v) is 8.22. The SMILES string of the molecule is c1cn(-c2ncnc3c2CNCC3)cn1. The second-order valence-corrected chi connectivity index (χ2v) is 3.52. The number of fused-ring (bicyclic) bond motifs is 1. The van der Waals surface area contributed by atoms with Crippen LogP contribution in [-0.4, -0.2) is 26.1 Å². The van der Waals surface area contributed by atoms with Gasteiger partial charge in [0.25, 0.3) is 0 Å². The third-order valence-electron chi connectivity index (χ3n) is 2.60. The Balaban J connectivity index is 2.15. The first-order valence-electron chi connectivity index (χ1n) is 4.97. The van der Waals surface area contributed by atoms with Gasteiger partial charge >= 0.3 is 0 Å². The van der Waals surface area contributed by atoms with Crippen molar-refractivity contribution in [3.8, 4) is 5.82 Å². The molecule has 0 aliphatic carbocycles. The number of hydrogen-bond acceptors (Lipinski definition) is 4. The molecule has 5 nitrogen and oxygen atoms in total. The number of hydrogen-bond donors (Lipinski definition) is 1. The van der Waals surface area contributed by atoms with E-state index in [2.05, 4.69) is 20.3 Å². The van der Waals surface area contributed by atoms with E-state index in [1.807, 2.05) is 10.8 Å². The van der Waals surface area contributed by atoms with Gasteiger partial charge in [0.05, 0.1) is 5.69 Å². The lowest BCUT2D eigenvalue weighted by atomic mass is 10.1. The Morgan fingerprint density at radius 3 is 3.20 bits per heavy atom. The molecule has 1 aliphatic heterocycles. The molecule has 5 heteroatoms. The molecule has 0 saturated heterocycles. The van der Waals surface area contributed by atoms with Crippen LogP contribution in [0.2, 0.25) is 0 Å². The molecule has 3 rings (SSSR count). The number of nitrogens with zero attached hydrogens (tertiary/aromatic N) is 4. The van der Waals surface area contributed by atoms with Gasteiger partial charge in [0.2, 0.25) is 0 Å². The van der Waals surface area contributed by atoms with E-state index in [-0.39, 0.29) is 0 Å². The van der Waals surface area contributed by atoms with Gasteiger partial charge in [-0.25, -0.2) is 15.0 Å². The molecule has 1 aliphatic rings. The summed E-state index contributed by atoms with van der Waals surface area (Å²) in [6.07, 6.45) is 8.01. The average Bonchev–Trinajstić information content (AvgIpc) is 2.82. The average molecular weight is 201 g/mol. The summed E-state index contributed by atoms with van der Waals surface area (Å²) in [6.45, 7) is 1.83. The molecule has 0 spiro atoms. The fourth-order valence-corrected chi connectivity index (χ4v) is 1.86. The minimum absolute atomic E-state index is 0.837. The molecule has 3 heterocycles. The molecular formula is C10H11N5. The summed E-state index contributed by atoms with van der Waals surface area (Å²) in [5, 5.41) is 3.33. The zero-order chi connectivity index (χ0) is 10.1. The zero-order valence-electron chi connectivity index (χ0n) is 8.22. The molecule has 0 fully saturated rings. The van der Waals surface area contributed by atoms with Gasteiger partial charge in [-0.05, 0) is 0 Å². The minimum atomic E-state index is 0.837. The van der Waals surface area contributed by atoms with Crippen LogP contribution in [0.3, 0.4) is 0 Å². The Kier molecular flexibility index (Phi) is 1.96. The number of imidazole rings is 1. The molecule has 0 radical (unpaired) electrons. The fourth-order valence-electron chi connectivity index (χ4n) is 1.86. The summed E-state index contributed by atoms with van der Waals surface area (Å²) < 4.78 is 1.92. The first-order chi connectivity index (χ1) is 7.45.